The van der Waals surface area contributed by atoms with Gasteiger partial charge in [-0.15, -0.1) is 0 Å². The van der Waals surface area contributed by atoms with Gasteiger partial charge in [-0.05, 0) is 128 Å². The summed E-state index contributed by atoms with van der Waals surface area (Å²) in [7, 11) is 0. The molecule has 0 radical (unpaired) electrons. The van der Waals surface area contributed by atoms with Crippen molar-refractivity contribution in [2.45, 2.75) is 424 Å². The van der Waals surface area contributed by atoms with Crippen molar-refractivity contribution in [3.8, 4) is 0 Å². The van der Waals surface area contributed by atoms with Gasteiger partial charge >= 0.3 is 0 Å². The first kappa shape index (κ1) is 63.8. The third-order valence-electron chi connectivity index (χ3n) is 19.3. The highest BCUT2D eigenvalue weighted by atomic mass is 14.4. The summed E-state index contributed by atoms with van der Waals surface area (Å²) < 4.78 is 0. The van der Waals surface area contributed by atoms with E-state index in [9.17, 15) is 0 Å². The molecule has 0 aliphatic heterocycles. The molecule has 3 aliphatic carbocycles. The van der Waals surface area contributed by atoms with Crippen molar-refractivity contribution in [1.82, 2.24) is 0 Å². The van der Waals surface area contributed by atoms with Crippen molar-refractivity contribution in [3.63, 3.8) is 0 Å². The lowest BCUT2D eigenvalue weighted by molar-refractivity contribution is 0.430. The van der Waals surface area contributed by atoms with E-state index in [1.807, 2.05) is 16.7 Å². The Morgan fingerprint density at radius 2 is 0.375 bits per heavy atom. The quantitative estimate of drug-likeness (QED) is 0.0451. The van der Waals surface area contributed by atoms with Gasteiger partial charge in [0.1, 0.15) is 0 Å². The Bertz CT molecular complexity index is 1330. The minimum Gasteiger partial charge on any atom is -0.0654 e. The zero-order valence-corrected chi connectivity index (χ0v) is 50.2. The molecule has 1 aromatic rings. The monoisotopic (exact) mass is 997 g/mol. The average molecular weight is 998 g/mol. The van der Waals surface area contributed by atoms with Gasteiger partial charge in [0.2, 0.25) is 0 Å². The van der Waals surface area contributed by atoms with Crippen LogP contribution >= 0.6 is 0 Å². The lowest BCUT2D eigenvalue weighted by Gasteiger charge is -2.37. The Morgan fingerprint density at radius 3 is 0.625 bits per heavy atom. The predicted molar refractivity (Wildman–Crippen MR) is 326 cm³/mol. The fraction of sp³-hybridized carbons (Fsp3) is 0.917. The number of hydrogen-bond donors (Lipinski definition) is 0. The topological polar surface area (TPSA) is 0 Å². The molecule has 0 spiro atoms. The SMILES string of the molecule is CCCCCCCCCCCCCCCCCCc1c(CCCCCCCCCCCCCCCC)c(CCCCCCCCCCCCCC)c(C2CCCCCC2)c(C2CCCCC2)c1C1CCCC1. The third-order valence-corrected chi connectivity index (χ3v) is 19.3. The molecule has 0 heterocycles. The summed E-state index contributed by atoms with van der Waals surface area (Å²) >= 11 is 0. The summed E-state index contributed by atoms with van der Waals surface area (Å²) in [5.74, 6) is 2.56. The Balaban J connectivity index is 1.49. The van der Waals surface area contributed by atoms with Crippen LogP contribution in [0.1, 0.15) is 438 Å². The summed E-state index contributed by atoms with van der Waals surface area (Å²) in [6.07, 6.45) is 88.2. The van der Waals surface area contributed by atoms with Crippen LogP contribution < -0.4 is 0 Å². The van der Waals surface area contributed by atoms with Crippen LogP contribution in [0.25, 0.3) is 0 Å². The molecule has 0 nitrogen and oxygen atoms in total. The molecule has 1 aromatic carbocycles. The minimum atomic E-state index is 0.844. The standard InChI is InChI=1S/C72H132/c1-4-7-10-13-16-19-22-25-27-28-30-33-36-39-42-52-63-69-67(61-50-40-37-34-32-29-26-23-20-17-14-11-8-5-2)68(62-51-41-38-35-31-24-21-18-15-12-9-6-3)70(64-55-46-43-44-47-56-64)72(66-57-48-45-49-58-66)71(69)65-59-53-54-60-65/h64-66H,4-63H2,1-3H3. The van der Waals surface area contributed by atoms with E-state index in [0.717, 1.165) is 17.8 Å². The molecule has 3 aliphatic rings. The van der Waals surface area contributed by atoms with E-state index < -0.39 is 0 Å². The van der Waals surface area contributed by atoms with E-state index in [-0.39, 0.29) is 0 Å². The van der Waals surface area contributed by atoms with Gasteiger partial charge in [0, 0.05) is 0 Å². The van der Waals surface area contributed by atoms with Gasteiger partial charge in [0.25, 0.3) is 0 Å². The fourth-order valence-corrected chi connectivity index (χ4v) is 14.9. The first-order valence-corrected chi connectivity index (χ1v) is 35.0. The molecule has 0 bridgehead atoms. The second-order valence-electron chi connectivity index (χ2n) is 25.7. The summed E-state index contributed by atoms with van der Waals surface area (Å²) in [6, 6.07) is 0. The Labute approximate surface area is 455 Å². The van der Waals surface area contributed by atoms with E-state index in [4.69, 9.17) is 0 Å². The maximum Gasteiger partial charge on any atom is -0.0156 e. The molecule has 0 amide bonds. The van der Waals surface area contributed by atoms with Crippen molar-refractivity contribution < 1.29 is 0 Å². The predicted octanol–water partition coefficient (Wildman–Crippen LogP) is 25.9. The normalized spacial score (nSPS) is 16.4. The van der Waals surface area contributed by atoms with Gasteiger partial charge in [-0.3, -0.25) is 0 Å². The molecular formula is C72H132. The van der Waals surface area contributed by atoms with Gasteiger partial charge in [-0.2, -0.15) is 0 Å². The molecule has 0 unspecified atom stereocenters. The Hall–Kier alpha value is -0.780. The summed E-state index contributed by atoms with van der Waals surface area (Å²) in [6.45, 7) is 7.03. The van der Waals surface area contributed by atoms with Crippen LogP contribution in [0.4, 0.5) is 0 Å². The van der Waals surface area contributed by atoms with E-state index in [1.165, 1.54) is 385 Å². The first-order chi connectivity index (χ1) is 35.8. The molecule has 0 atom stereocenters. The molecule has 420 valence electrons. The second-order valence-corrected chi connectivity index (χ2v) is 25.7. The summed E-state index contributed by atoms with van der Waals surface area (Å²) in [5.41, 5.74) is 12.2. The number of benzene rings is 1. The van der Waals surface area contributed by atoms with E-state index in [1.54, 1.807) is 0 Å². The van der Waals surface area contributed by atoms with Crippen LogP contribution in [0.5, 0.6) is 0 Å². The van der Waals surface area contributed by atoms with E-state index >= 15 is 0 Å². The van der Waals surface area contributed by atoms with Crippen molar-refractivity contribution >= 4 is 0 Å². The van der Waals surface area contributed by atoms with Crippen molar-refractivity contribution in [2.75, 3.05) is 0 Å². The average Bonchev–Trinajstić information content (AvgIpc) is 3.81. The number of unbranched alkanes of at least 4 members (excludes halogenated alkanes) is 39. The Morgan fingerprint density at radius 1 is 0.194 bits per heavy atom. The van der Waals surface area contributed by atoms with Crippen molar-refractivity contribution in [1.29, 1.82) is 0 Å². The van der Waals surface area contributed by atoms with Gasteiger partial charge in [-0.25, -0.2) is 0 Å². The number of hydrogen-bond acceptors (Lipinski definition) is 0. The third kappa shape index (κ3) is 28.0. The fourth-order valence-electron chi connectivity index (χ4n) is 14.9. The second kappa shape index (κ2) is 45.3. The molecule has 0 N–H and O–H groups in total. The van der Waals surface area contributed by atoms with Crippen LogP contribution in [0.2, 0.25) is 0 Å². The van der Waals surface area contributed by atoms with Crippen LogP contribution in [-0.2, 0) is 19.3 Å². The molecular weight excluding hydrogens is 865 g/mol. The molecule has 72 heavy (non-hydrogen) atoms. The molecule has 4 rings (SSSR count). The van der Waals surface area contributed by atoms with Gasteiger partial charge in [0.15, 0.2) is 0 Å². The largest absolute Gasteiger partial charge is 0.0654 e. The highest BCUT2D eigenvalue weighted by molar-refractivity contribution is 5.57. The molecule has 0 saturated heterocycles. The maximum atomic E-state index is 2.35. The van der Waals surface area contributed by atoms with Crippen molar-refractivity contribution in [2.24, 2.45) is 0 Å². The van der Waals surface area contributed by atoms with E-state index in [0.29, 0.717) is 0 Å². The highest BCUT2D eigenvalue weighted by Crippen LogP contribution is 2.51. The lowest BCUT2D eigenvalue weighted by Crippen LogP contribution is -2.21. The van der Waals surface area contributed by atoms with Gasteiger partial charge in [0.05, 0.1) is 0 Å². The maximum absolute atomic E-state index is 2.35. The van der Waals surface area contributed by atoms with Gasteiger partial charge < -0.3 is 0 Å². The van der Waals surface area contributed by atoms with E-state index in [2.05, 4.69) is 37.5 Å². The number of rotatable bonds is 48. The van der Waals surface area contributed by atoms with Crippen LogP contribution in [0.15, 0.2) is 0 Å². The molecule has 3 fully saturated rings. The van der Waals surface area contributed by atoms with Crippen LogP contribution in [0.3, 0.4) is 0 Å². The van der Waals surface area contributed by atoms with Crippen LogP contribution in [0, 0.1) is 0 Å². The van der Waals surface area contributed by atoms with Crippen LogP contribution in [-0.4, -0.2) is 0 Å². The lowest BCUT2D eigenvalue weighted by atomic mass is 9.68. The minimum absolute atomic E-state index is 0.844. The zero-order chi connectivity index (χ0) is 50.6. The Kier molecular flexibility index (Phi) is 40.1. The molecule has 3 saturated carbocycles. The molecule has 0 aromatic heterocycles. The smallest absolute Gasteiger partial charge is 0.0156 e. The first-order valence-electron chi connectivity index (χ1n) is 35.0. The molecule has 0 heteroatoms. The van der Waals surface area contributed by atoms with Crippen molar-refractivity contribution in [3.05, 3.63) is 33.4 Å². The highest BCUT2D eigenvalue weighted by Gasteiger charge is 2.35. The van der Waals surface area contributed by atoms with Gasteiger partial charge in [-0.1, -0.05) is 329 Å². The summed E-state index contributed by atoms with van der Waals surface area (Å²) in [5, 5.41) is 0. The zero-order valence-electron chi connectivity index (χ0n) is 50.2. The summed E-state index contributed by atoms with van der Waals surface area (Å²) in [4.78, 5) is 0.